The fourth-order valence-corrected chi connectivity index (χ4v) is 2.05. The van der Waals surface area contributed by atoms with Crippen LogP contribution in [-0.2, 0) is 6.18 Å². The number of nitrogens with zero attached hydrogens (tertiary/aromatic N) is 2. The molecule has 1 aromatic rings. The highest BCUT2D eigenvalue weighted by atomic mass is 19.4. The molecule has 1 heterocycles. The van der Waals surface area contributed by atoms with Gasteiger partial charge in [0.25, 0.3) is 5.91 Å². The average Bonchev–Trinajstić information content (AvgIpc) is 2.90. The first-order valence-corrected chi connectivity index (χ1v) is 5.77. The third-order valence-corrected chi connectivity index (χ3v) is 2.99. The SMILES string of the molecule is O=Nc1cc(C(=O)N2CCCC2)cc(C(F)(F)F)c1. The normalized spacial score (nSPS) is 15.6. The molecule has 0 bridgehead atoms. The maximum absolute atomic E-state index is 12.7. The van der Waals surface area contributed by atoms with E-state index >= 15 is 0 Å². The Labute approximate surface area is 107 Å². The van der Waals surface area contributed by atoms with Crippen molar-refractivity contribution in [1.29, 1.82) is 0 Å². The Bertz CT molecular complexity index is 508. The zero-order chi connectivity index (χ0) is 14.0. The monoisotopic (exact) mass is 272 g/mol. The third-order valence-electron chi connectivity index (χ3n) is 2.99. The Balaban J connectivity index is 2.39. The van der Waals surface area contributed by atoms with Crippen molar-refractivity contribution in [2.75, 3.05) is 13.1 Å². The molecule has 1 amide bonds. The summed E-state index contributed by atoms with van der Waals surface area (Å²) in [4.78, 5) is 23.9. The summed E-state index contributed by atoms with van der Waals surface area (Å²) in [6.45, 7) is 1.05. The van der Waals surface area contributed by atoms with E-state index in [9.17, 15) is 22.9 Å². The van der Waals surface area contributed by atoms with E-state index in [4.69, 9.17) is 0 Å². The zero-order valence-corrected chi connectivity index (χ0v) is 9.91. The summed E-state index contributed by atoms with van der Waals surface area (Å²) in [6.07, 6.45) is -2.94. The maximum Gasteiger partial charge on any atom is 0.416 e. The quantitative estimate of drug-likeness (QED) is 0.775. The fourth-order valence-electron chi connectivity index (χ4n) is 2.05. The predicted octanol–water partition coefficient (Wildman–Crippen LogP) is 3.34. The first kappa shape index (κ1) is 13.5. The summed E-state index contributed by atoms with van der Waals surface area (Å²) >= 11 is 0. The highest BCUT2D eigenvalue weighted by Crippen LogP contribution is 2.33. The van der Waals surface area contributed by atoms with Crippen LogP contribution < -0.4 is 0 Å². The van der Waals surface area contributed by atoms with Gasteiger partial charge in [-0.2, -0.15) is 13.2 Å². The highest BCUT2D eigenvalue weighted by Gasteiger charge is 2.32. The minimum absolute atomic E-state index is 0.147. The smallest absolute Gasteiger partial charge is 0.339 e. The molecule has 7 heteroatoms. The second-order valence-electron chi connectivity index (χ2n) is 4.36. The lowest BCUT2D eigenvalue weighted by atomic mass is 10.1. The van der Waals surface area contributed by atoms with Crippen molar-refractivity contribution >= 4 is 11.6 Å². The number of benzene rings is 1. The predicted molar refractivity (Wildman–Crippen MR) is 62.0 cm³/mol. The second kappa shape index (κ2) is 4.99. The molecule has 0 saturated carbocycles. The van der Waals surface area contributed by atoms with Crippen LogP contribution in [-0.4, -0.2) is 23.9 Å². The molecule has 1 saturated heterocycles. The number of alkyl halides is 3. The standard InChI is InChI=1S/C12H11F3N2O2/c13-12(14,15)9-5-8(6-10(7-9)16-19)11(18)17-3-1-2-4-17/h5-7H,1-4H2. The summed E-state index contributed by atoms with van der Waals surface area (Å²) in [5.74, 6) is -0.492. The lowest BCUT2D eigenvalue weighted by molar-refractivity contribution is -0.137. The fraction of sp³-hybridized carbons (Fsp3) is 0.417. The Hall–Kier alpha value is -1.92. The second-order valence-corrected chi connectivity index (χ2v) is 4.36. The molecule has 1 aliphatic rings. The summed E-state index contributed by atoms with van der Waals surface area (Å²) in [5, 5.41) is 2.49. The molecule has 19 heavy (non-hydrogen) atoms. The molecule has 102 valence electrons. The van der Waals surface area contributed by atoms with E-state index in [0.717, 1.165) is 25.0 Å². The van der Waals surface area contributed by atoms with E-state index in [1.807, 2.05) is 0 Å². The summed E-state index contributed by atoms with van der Waals surface area (Å²) in [7, 11) is 0. The maximum atomic E-state index is 12.7. The van der Waals surface area contributed by atoms with Crippen molar-refractivity contribution < 1.29 is 18.0 Å². The molecule has 0 unspecified atom stereocenters. The van der Waals surface area contributed by atoms with Crippen molar-refractivity contribution in [2.24, 2.45) is 5.18 Å². The van der Waals surface area contributed by atoms with Crippen LogP contribution in [0, 0.1) is 4.91 Å². The van der Waals surface area contributed by atoms with Gasteiger partial charge in [-0.1, -0.05) is 0 Å². The van der Waals surface area contributed by atoms with E-state index in [1.165, 1.54) is 4.90 Å². The van der Waals surface area contributed by atoms with Crippen molar-refractivity contribution in [3.05, 3.63) is 34.2 Å². The molecule has 1 fully saturated rings. The molecule has 0 aliphatic carbocycles. The topological polar surface area (TPSA) is 49.7 Å². The van der Waals surface area contributed by atoms with Gasteiger partial charge >= 0.3 is 6.18 Å². The first-order chi connectivity index (χ1) is 8.91. The van der Waals surface area contributed by atoms with Crippen molar-refractivity contribution in [3.63, 3.8) is 0 Å². The van der Waals surface area contributed by atoms with Crippen molar-refractivity contribution in [2.45, 2.75) is 19.0 Å². The summed E-state index contributed by atoms with van der Waals surface area (Å²) in [5.41, 5.74) is -1.57. The van der Waals surface area contributed by atoms with Gasteiger partial charge in [0, 0.05) is 18.7 Å². The van der Waals surface area contributed by atoms with E-state index in [2.05, 4.69) is 5.18 Å². The largest absolute Gasteiger partial charge is 0.416 e. The molecule has 4 nitrogen and oxygen atoms in total. The van der Waals surface area contributed by atoms with E-state index in [0.29, 0.717) is 19.2 Å². The molecule has 0 radical (unpaired) electrons. The average molecular weight is 272 g/mol. The number of hydrogen-bond acceptors (Lipinski definition) is 3. The van der Waals surface area contributed by atoms with Gasteiger partial charge < -0.3 is 4.90 Å². The van der Waals surface area contributed by atoms with Crippen LogP contribution in [0.25, 0.3) is 0 Å². The molecule has 2 rings (SSSR count). The molecule has 1 aromatic carbocycles. The van der Waals surface area contributed by atoms with Gasteiger partial charge in [0.1, 0.15) is 5.69 Å². The van der Waals surface area contributed by atoms with E-state index in [-0.39, 0.29) is 5.56 Å². The number of halogens is 3. The Morgan fingerprint density at radius 2 is 1.79 bits per heavy atom. The van der Waals surface area contributed by atoms with Crippen LogP contribution in [0.2, 0.25) is 0 Å². The van der Waals surface area contributed by atoms with Crippen LogP contribution in [0.5, 0.6) is 0 Å². The van der Waals surface area contributed by atoms with Gasteiger partial charge in [-0.25, -0.2) is 0 Å². The number of carbonyl (C=O) groups excluding carboxylic acids is 1. The third kappa shape index (κ3) is 2.91. The Morgan fingerprint density at radius 1 is 1.16 bits per heavy atom. The minimum Gasteiger partial charge on any atom is -0.339 e. The molecule has 0 spiro atoms. The number of carbonyl (C=O) groups is 1. The zero-order valence-electron chi connectivity index (χ0n) is 9.91. The van der Waals surface area contributed by atoms with Gasteiger partial charge in [0.15, 0.2) is 0 Å². The molecular weight excluding hydrogens is 261 g/mol. The molecular formula is C12H11F3N2O2. The summed E-state index contributed by atoms with van der Waals surface area (Å²) in [6, 6.07) is 2.48. The van der Waals surface area contributed by atoms with Crippen LogP contribution in [0.15, 0.2) is 23.4 Å². The highest BCUT2D eigenvalue weighted by molar-refractivity contribution is 5.95. The number of rotatable bonds is 2. The van der Waals surface area contributed by atoms with E-state index < -0.39 is 23.3 Å². The number of likely N-dealkylation sites (tertiary alicyclic amines) is 1. The van der Waals surface area contributed by atoms with Gasteiger partial charge in [0.05, 0.1) is 5.56 Å². The molecule has 1 aliphatic heterocycles. The van der Waals surface area contributed by atoms with Crippen molar-refractivity contribution in [1.82, 2.24) is 4.90 Å². The van der Waals surface area contributed by atoms with Gasteiger partial charge in [0.2, 0.25) is 0 Å². The van der Waals surface area contributed by atoms with Crippen LogP contribution in [0.4, 0.5) is 18.9 Å². The minimum atomic E-state index is -4.61. The van der Waals surface area contributed by atoms with Crippen molar-refractivity contribution in [3.8, 4) is 0 Å². The Morgan fingerprint density at radius 3 is 2.32 bits per heavy atom. The van der Waals surface area contributed by atoms with Crippen LogP contribution in [0.1, 0.15) is 28.8 Å². The summed E-state index contributed by atoms with van der Waals surface area (Å²) < 4.78 is 38.0. The lowest BCUT2D eigenvalue weighted by Crippen LogP contribution is -2.27. The molecule has 0 atom stereocenters. The number of nitroso groups, excluding NO2 is 1. The lowest BCUT2D eigenvalue weighted by Gasteiger charge is -2.16. The van der Waals surface area contributed by atoms with Gasteiger partial charge in [-0.15, -0.1) is 4.91 Å². The number of amides is 1. The van der Waals surface area contributed by atoms with Crippen LogP contribution in [0.3, 0.4) is 0 Å². The molecule has 0 aromatic heterocycles. The first-order valence-electron chi connectivity index (χ1n) is 5.77. The van der Waals surface area contributed by atoms with Crippen LogP contribution >= 0.6 is 0 Å². The van der Waals surface area contributed by atoms with E-state index in [1.54, 1.807) is 0 Å². The molecule has 0 N–H and O–H groups in total. The Kier molecular flexibility index (Phi) is 3.55. The van der Waals surface area contributed by atoms with Gasteiger partial charge in [-0.3, -0.25) is 4.79 Å². The number of hydrogen-bond donors (Lipinski definition) is 0. The van der Waals surface area contributed by atoms with Gasteiger partial charge in [-0.05, 0) is 36.2 Å².